The fourth-order valence-electron chi connectivity index (χ4n) is 4.93. The van der Waals surface area contributed by atoms with Crippen molar-refractivity contribution in [3.8, 4) is 9.88 Å². The zero-order valence-corrected chi connectivity index (χ0v) is 16.4. The minimum Gasteiger partial charge on any atom is -0.334 e. The van der Waals surface area contributed by atoms with Crippen LogP contribution in [0.15, 0.2) is 17.5 Å². The molecule has 2 bridgehead atoms. The molecule has 4 rings (SSSR count). The summed E-state index contributed by atoms with van der Waals surface area (Å²) in [4.78, 5) is 22.0. The number of hydrogen-bond donors (Lipinski definition) is 0. The zero-order valence-electron chi connectivity index (χ0n) is 14.8. The Kier molecular flexibility index (Phi) is 3.66. The fourth-order valence-corrected chi connectivity index (χ4v) is 6.75. The van der Waals surface area contributed by atoms with Crippen molar-refractivity contribution in [2.24, 2.45) is 10.8 Å². The molecule has 2 aliphatic rings. The maximum Gasteiger partial charge on any atom is 0.266 e. The van der Waals surface area contributed by atoms with Crippen molar-refractivity contribution in [1.29, 1.82) is 0 Å². The van der Waals surface area contributed by atoms with Crippen LogP contribution < -0.4 is 0 Å². The predicted molar refractivity (Wildman–Crippen MR) is 101 cm³/mol. The number of thiazole rings is 1. The molecule has 5 heteroatoms. The second-order valence-electron chi connectivity index (χ2n) is 8.56. The maximum absolute atomic E-state index is 13.2. The minimum absolute atomic E-state index is 0.194. The Morgan fingerprint density at radius 1 is 1.33 bits per heavy atom. The minimum atomic E-state index is 0.194. The molecule has 3 nitrogen and oxygen atoms in total. The highest BCUT2D eigenvalue weighted by atomic mass is 32.1. The monoisotopic (exact) mass is 360 g/mol. The van der Waals surface area contributed by atoms with Gasteiger partial charge in [0, 0.05) is 12.6 Å². The van der Waals surface area contributed by atoms with E-state index in [1.54, 1.807) is 22.7 Å². The van der Waals surface area contributed by atoms with Crippen LogP contribution in [0.2, 0.25) is 0 Å². The number of rotatable bonds is 2. The quantitative estimate of drug-likeness (QED) is 0.735. The van der Waals surface area contributed by atoms with Gasteiger partial charge in [-0.25, -0.2) is 4.98 Å². The summed E-state index contributed by atoms with van der Waals surface area (Å²) in [7, 11) is 0. The lowest BCUT2D eigenvalue weighted by Crippen LogP contribution is -2.37. The normalized spacial score (nSPS) is 28.3. The fraction of sp³-hybridized carbons (Fsp3) is 0.579. The van der Waals surface area contributed by atoms with Gasteiger partial charge in [-0.2, -0.15) is 0 Å². The van der Waals surface area contributed by atoms with Gasteiger partial charge in [0.15, 0.2) is 0 Å². The average Bonchev–Trinajstić information content (AvgIpc) is 3.15. The number of fused-ring (bicyclic) bond motifs is 2. The Morgan fingerprint density at radius 3 is 2.83 bits per heavy atom. The van der Waals surface area contributed by atoms with E-state index in [1.165, 1.54) is 6.42 Å². The first-order valence-corrected chi connectivity index (χ1v) is 10.3. The number of nitrogens with zero attached hydrogens (tertiary/aromatic N) is 2. The van der Waals surface area contributed by atoms with Gasteiger partial charge in [0.05, 0.1) is 10.6 Å². The second kappa shape index (κ2) is 5.40. The molecule has 128 valence electrons. The van der Waals surface area contributed by atoms with E-state index in [2.05, 4.69) is 42.1 Å². The van der Waals surface area contributed by atoms with Crippen LogP contribution in [0, 0.1) is 17.8 Å². The molecule has 2 fully saturated rings. The lowest BCUT2D eigenvalue weighted by atomic mass is 9.65. The number of likely N-dealkylation sites (tertiary alicyclic amines) is 1. The third-order valence-electron chi connectivity index (χ3n) is 5.40. The van der Waals surface area contributed by atoms with Crippen LogP contribution >= 0.6 is 22.7 Å². The van der Waals surface area contributed by atoms with E-state index in [0.29, 0.717) is 11.5 Å². The third-order valence-corrected chi connectivity index (χ3v) is 7.58. The number of carbonyl (C=O) groups is 1. The number of carbonyl (C=O) groups excluding carboxylic acids is 1. The van der Waals surface area contributed by atoms with Crippen molar-refractivity contribution in [3.05, 3.63) is 28.1 Å². The van der Waals surface area contributed by atoms with E-state index in [1.807, 2.05) is 13.0 Å². The third kappa shape index (κ3) is 2.72. The second-order valence-corrected chi connectivity index (χ2v) is 10.5. The van der Waals surface area contributed by atoms with Crippen LogP contribution in [0.3, 0.4) is 0 Å². The summed E-state index contributed by atoms with van der Waals surface area (Å²) in [5, 5.41) is 3.03. The molecule has 1 saturated carbocycles. The highest BCUT2D eigenvalue weighted by Gasteiger charge is 2.51. The summed E-state index contributed by atoms with van der Waals surface area (Å²) in [5.41, 5.74) is 1.48. The lowest BCUT2D eigenvalue weighted by molar-refractivity contribution is 0.0712. The summed E-state index contributed by atoms with van der Waals surface area (Å²) < 4.78 is 0. The van der Waals surface area contributed by atoms with Crippen LogP contribution in [-0.4, -0.2) is 28.4 Å². The summed E-state index contributed by atoms with van der Waals surface area (Å²) in [6.07, 6.45) is 3.48. The lowest BCUT2D eigenvalue weighted by Gasteiger charge is -2.39. The van der Waals surface area contributed by atoms with E-state index in [9.17, 15) is 4.79 Å². The van der Waals surface area contributed by atoms with Gasteiger partial charge in [0.25, 0.3) is 5.91 Å². The Morgan fingerprint density at radius 2 is 2.12 bits per heavy atom. The molecule has 2 aromatic heterocycles. The van der Waals surface area contributed by atoms with E-state index < -0.39 is 0 Å². The topological polar surface area (TPSA) is 33.2 Å². The molecule has 0 aromatic carbocycles. The molecule has 24 heavy (non-hydrogen) atoms. The van der Waals surface area contributed by atoms with E-state index in [4.69, 9.17) is 0 Å². The molecule has 2 aromatic rings. The molecule has 1 saturated heterocycles. The highest BCUT2D eigenvalue weighted by molar-refractivity contribution is 7.22. The number of hydrogen-bond acceptors (Lipinski definition) is 4. The molecule has 0 radical (unpaired) electrons. The van der Waals surface area contributed by atoms with Gasteiger partial charge in [0.2, 0.25) is 0 Å². The first-order valence-electron chi connectivity index (χ1n) is 8.59. The van der Waals surface area contributed by atoms with Crippen molar-refractivity contribution in [2.75, 3.05) is 6.54 Å². The van der Waals surface area contributed by atoms with Crippen LogP contribution in [-0.2, 0) is 0 Å². The molecule has 2 unspecified atom stereocenters. The van der Waals surface area contributed by atoms with Crippen molar-refractivity contribution in [2.45, 2.75) is 53.0 Å². The average molecular weight is 361 g/mol. The highest BCUT2D eigenvalue weighted by Crippen LogP contribution is 2.53. The van der Waals surface area contributed by atoms with Crippen molar-refractivity contribution in [3.63, 3.8) is 0 Å². The Bertz CT molecular complexity index is 777. The van der Waals surface area contributed by atoms with Crippen LogP contribution in [0.1, 0.15) is 55.4 Å². The molecule has 0 N–H and O–H groups in total. The molecular formula is C19H24N2OS2. The summed E-state index contributed by atoms with van der Waals surface area (Å²) in [6.45, 7) is 9.90. The van der Waals surface area contributed by atoms with Gasteiger partial charge in [-0.1, -0.05) is 26.8 Å². The molecule has 0 spiro atoms. The van der Waals surface area contributed by atoms with Crippen molar-refractivity contribution >= 4 is 28.6 Å². The predicted octanol–water partition coefficient (Wildman–Crippen LogP) is 5.22. The van der Waals surface area contributed by atoms with Gasteiger partial charge < -0.3 is 4.90 Å². The molecule has 1 amide bonds. The Hall–Kier alpha value is -1.20. The van der Waals surface area contributed by atoms with Crippen LogP contribution in [0.25, 0.3) is 9.88 Å². The molecule has 1 aliphatic carbocycles. The molecule has 2 atom stereocenters. The number of thiophene rings is 1. The van der Waals surface area contributed by atoms with Crippen LogP contribution in [0.4, 0.5) is 0 Å². The van der Waals surface area contributed by atoms with Gasteiger partial charge in [0.1, 0.15) is 9.88 Å². The zero-order chi connectivity index (χ0) is 17.1. The largest absolute Gasteiger partial charge is 0.334 e. The first kappa shape index (κ1) is 16.3. The van der Waals surface area contributed by atoms with E-state index in [-0.39, 0.29) is 11.3 Å². The van der Waals surface area contributed by atoms with E-state index >= 15 is 0 Å². The number of aromatic nitrogens is 1. The first-order chi connectivity index (χ1) is 11.3. The maximum atomic E-state index is 13.2. The van der Waals surface area contributed by atoms with Gasteiger partial charge >= 0.3 is 0 Å². The number of aryl methyl sites for hydroxylation is 1. The number of amides is 1. The molecular weight excluding hydrogens is 336 g/mol. The molecule has 1 aliphatic heterocycles. The van der Waals surface area contributed by atoms with Crippen molar-refractivity contribution < 1.29 is 4.79 Å². The summed E-state index contributed by atoms with van der Waals surface area (Å²) in [6, 6.07) is 4.49. The van der Waals surface area contributed by atoms with Gasteiger partial charge in [-0.05, 0) is 48.5 Å². The standard InChI is InChI=1S/C19H24N2OS2/c1-12-15(24-16(20-12)14-6-5-7-23-14)17(22)21-11-19(4)9-13(21)8-18(2,3)10-19/h5-7,13H,8-11H2,1-4H3. The SMILES string of the molecule is Cc1nc(-c2cccs2)sc1C(=O)N1CC2(C)CC1CC(C)(C)C2. The summed E-state index contributed by atoms with van der Waals surface area (Å²) in [5.74, 6) is 0.194. The Labute approximate surface area is 151 Å². The van der Waals surface area contributed by atoms with Crippen molar-refractivity contribution in [1.82, 2.24) is 9.88 Å². The van der Waals surface area contributed by atoms with Crippen LogP contribution in [0.5, 0.6) is 0 Å². The van der Waals surface area contributed by atoms with E-state index in [0.717, 1.165) is 39.8 Å². The van der Waals surface area contributed by atoms with Gasteiger partial charge in [-0.15, -0.1) is 22.7 Å². The Balaban J connectivity index is 1.63. The molecule has 3 heterocycles. The smallest absolute Gasteiger partial charge is 0.266 e. The summed E-state index contributed by atoms with van der Waals surface area (Å²) >= 11 is 3.23. The van der Waals surface area contributed by atoms with Gasteiger partial charge in [-0.3, -0.25) is 4.79 Å².